The summed E-state index contributed by atoms with van der Waals surface area (Å²) in [6.07, 6.45) is 3.88. The molecule has 4 nitrogen and oxygen atoms in total. The highest BCUT2D eigenvalue weighted by molar-refractivity contribution is 8.00. The number of H-pyrrole nitrogens is 2. The first-order chi connectivity index (χ1) is 9.16. The second-order valence-corrected chi connectivity index (χ2v) is 6.14. The van der Waals surface area contributed by atoms with Crippen LogP contribution in [-0.4, -0.2) is 15.4 Å². The molecule has 0 unspecified atom stereocenters. The number of hydrogen-bond acceptors (Lipinski definition) is 3. The summed E-state index contributed by atoms with van der Waals surface area (Å²) in [7, 11) is 0. The first kappa shape index (κ1) is 12.6. The predicted octanol–water partition coefficient (Wildman–Crippen LogP) is 2.64. The van der Waals surface area contributed by atoms with Crippen LogP contribution in [0.5, 0.6) is 0 Å². The van der Waals surface area contributed by atoms with Crippen LogP contribution in [0.2, 0.25) is 5.02 Å². The minimum atomic E-state index is -0.672. The number of nitrogens with one attached hydrogen (secondary N) is 2. The fourth-order valence-electron chi connectivity index (χ4n) is 1.79. The molecule has 98 valence electrons. The molecule has 1 saturated carbocycles. The molecule has 19 heavy (non-hydrogen) atoms. The highest BCUT2D eigenvalue weighted by Crippen LogP contribution is 2.43. The fraction of sp³-hybridized carbons (Fsp3) is 0.231. The van der Waals surface area contributed by atoms with Gasteiger partial charge in [0, 0.05) is 21.9 Å². The van der Waals surface area contributed by atoms with E-state index in [2.05, 4.69) is 10.2 Å². The van der Waals surface area contributed by atoms with Gasteiger partial charge in [-0.05, 0) is 18.9 Å². The Morgan fingerprint density at radius 2 is 2.00 bits per heavy atom. The van der Waals surface area contributed by atoms with Gasteiger partial charge in [-0.2, -0.15) is 0 Å². The molecule has 2 N–H and O–H groups in total. The molecule has 0 amide bonds. The van der Waals surface area contributed by atoms with Gasteiger partial charge in [0.1, 0.15) is 0 Å². The molecule has 0 atom stereocenters. The van der Waals surface area contributed by atoms with E-state index in [1.54, 1.807) is 17.8 Å². The Bertz CT molecular complexity index is 734. The van der Waals surface area contributed by atoms with Crippen LogP contribution in [0, 0.1) is 0 Å². The minimum Gasteiger partial charge on any atom is -0.305 e. The maximum absolute atomic E-state index is 11.8. The van der Waals surface area contributed by atoms with Crippen molar-refractivity contribution in [3.63, 3.8) is 0 Å². The van der Waals surface area contributed by atoms with Crippen molar-refractivity contribution in [1.29, 1.82) is 0 Å². The summed E-state index contributed by atoms with van der Waals surface area (Å²) in [6, 6.07) is 5.55. The highest BCUT2D eigenvalue weighted by atomic mass is 35.5. The molecule has 0 radical (unpaired) electrons. The Morgan fingerprint density at radius 1 is 1.21 bits per heavy atom. The van der Waals surface area contributed by atoms with Crippen molar-refractivity contribution in [1.82, 2.24) is 10.2 Å². The average Bonchev–Trinajstić information content (AvgIpc) is 3.20. The summed E-state index contributed by atoms with van der Waals surface area (Å²) < 4.78 is 0. The van der Waals surface area contributed by atoms with Crippen LogP contribution in [0.15, 0.2) is 38.9 Å². The van der Waals surface area contributed by atoms with Gasteiger partial charge in [0.05, 0.1) is 10.6 Å². The molecule has 0 aliphatic heterocycles. The molecule has 3 rings (SSSR count). The number of halogens is 1. The summed E-state index contributed by atoms with van der Waals surface area (Å²) in [5, 5.41) is 5.98. The first-order valence-electron chi connectivity index (χ1n) is 5.92. The maximum Gasteiger partial charge on any atom is 0.310 e. The van der Waals surface area contributed by atoms with E-state index in [0.717, 1.165) is 4.90 Å². The monoisotopic (exact) mass is 294 g/mol. The van der Waals surface area contributed by atoms with Gasteiger partial charge in [-0.1, -0.05) is 23.7 Å². The third kappa shape index (κ3) is 2.48. The number of thioether (sulfide) groups is 1. The van der Waals surface area contributed by atoms with Gasteiger partial charge < -0.3 is 5.10 Å². The van der Waals surface area contributed by atoms with Gasteiger partial charge in [-0.3, -0.25) is 14.7 Å². The predicted molar refractivity (Wildman–Crippen MR) is 77.0 cm³/mol. The fourth-order valence-corrected chi connectivity index (χ4v) is 3.26. The third-order valence-electron chi connectivity index (χ3n) is 2.92. The zero-order valence-corrected chi connectivity index (χ0v) is 11.5. The van der Waals surface area contributed by atoms with Gasteiger partial charge in [-0.25, -0.2) is 0 Å². The molecule has 1 aromatic heterocycles. The van der Waals surface area contributed by atoms with Crippen LogP contribution in [0.3, 0.4) is 0 Å². The summed E-state index contributed by atoms with van der Waals surface area (Å²) in [6.45, 7) is 0. The van der Waals surface area contributed by atoms with Crippen LogP contribution in [0.4, 0.5) is 0 Å². The topological polar surface area (TPSA) is 65.7 Å². The number of aromatic nitrogens is 2. The molecule has 2 aromatic rings. The molecule has 0 spiro atoms. The van der Waals surface area contributed by atoms with E-state index in [1.807, 2.05) is 12.1 Å². The number of rotatable bonds is 3. The second kappa shape index (κ2) is 4.90. The molecule has 1 aliphatic carbocycles. The van der Waals surface area contributed by atoms with E-state index < -0.39 is 11.0 Å². The van der Waals surface area contributed by atoms with Crippen LogP contribution >= 0.6 is 23.4 Å². The van der Waals surface area contributed by atoms with Crippen molar-refractivity contribution in [3.8, 4) is 11.1 Å². The lowest BCUT2D eigenvalue weighted by molar-refractivity contribution is 0.975. The summed E-state index contributed by atoms with van der Waals surface area (Å²) in [5.74, 6) is 0. The SMILES string of the molecule is O=c1[nH][nH]cc(-c2cccc(SC3CC3)c2Cl)c1=O. The smallest absolute Gasteiger partial charge is 0.305 e. The van der Waals surface area contributed by atoms with Crippen molar-refractivity contribution in [2.75, 3.05) is 0 Å². The zero-order chi connectivity index (χ0) is 13.4. The summed E-state index contributed by atoms with van der Waals surface area (Å²) in [5.41, 5.74) is -0.352. The van der Waals surface area contributed by atoms with Crippen LogP contribution in [0.1, 0.15) is 12.8 Å². The molecule has 1 fully saturated rings. The lowest BCUT2D eigenvalue weighted by atomic mass is 10.1. The minimum absolute atomic E-state index is 0.298. The van der Waals surface area contributed by atoms with Gasteiger partial charge in [0.25, 0.3) is 5.43 Å². The normalized spacial score (nSPS) is 14.6. The molecule has 1 aliphatic rings. The molecular formula is C13H11ClN2O2S. The number of hydrogen-bond donors (Lipinski definition) is 2. The van der Waals surface area contributed by atoms with Crippen molar-refractivity contribution in [2.24, 2.45) is 0 Å². The van der Waals surface area contributed by atoms with E-state index >= 15 is 0 Å². The van der Waals surface area contributed by atoms with Gasteiger partial charge >= 0.3 is 5.56 Å². The van der Waals surface area contributed by atoms with Crippen LogP contribution < -0.4 is 11.0 Å². The van der Waals surface area contributed by atoms with Crippen molar-refractivity contribution < 1.29 is 0 Å². The number of benzene rings is 1. The van der Waals surface area contributed by atoms with Crippen LogP contribution in [0.25, 0.3) is 11.1 Å². The van der Waals surface area contributed by atoms with Gasteiger partial charge in [-0.15, -0.1) is 11.8 Å². The zero-order valence-electron chi connectivity index (χ0n) is 9.90. The summed E-state index contributed by atoms with van der Waals surface area (Å²) in [4.78, 5) is 24.1. The van der Waals surface area contributed by atoms with E-state index in [1.165, 1.54) is 19.0 Å². The van der Waals surface area contributed by atoms with Crippen molar-refractivity contribution >= 4 is 23.4 Å². The van der Waals surface area contributed by atoms with Gasteiger partial charge in [0.2, 0.25) is 0 Å². The number of aromatic amines is 2. The first-order valence-corrected chi connectivity index (χ1v) is 7.18. The van der Waals surface area contributed by atoms with E-state index in [0.29, 0.717) is 21.4 Å². The van der Waals surface area contributed by atoms with E-state index in [9.17, 15) is 9.59 Å². The highest BCUT2D eigenvalue weighted by Gasteiger charge is 2.24. The largest absolute Gasteiger partial charge is 0.310 e. The van der Waals surface area contributed by atoms with Crippen molar-refractivity contribution in [2.45, 2.75) is 23.0 Å². The Morgan fingerprint density at radius 3 is 2.74 bits per heavy atom. The third-order valence-corrected chi connectivity index (χ3v) is 4.84. The quantitative estimate of drug-likeness (QED) is 0.855. The second-order valence-electron chi connectivity index (χ2n) is 4.42. The molecule has 1 aromatic carbocycles. The van der Waals surface area contributed by atoms with E-state index in [-0.39, 0.29) is 0 Å². The molecule has 6 heteroatoms. The molecule has 0 bridgehead atoms. The Kier molecular flexibility index (Phi) is 3.24. The molecule has 1 heterocycles. The van der Waals surface area contributed by atoms with Gasteiger partial charge in [0.15, 0.2) is 0 Å². The Hall–Kier alpha value is -1.46. The Balaban J connectivity index is 2.11. The molecule has 0 saturated heterocycles. The lowest BCUT2D eigenvalue weighted by Gasteiger charge is -2.08. The summed E-state index contributed by atoms with van der Waals surface area (Å²) >= 11 is 8.08. The Labute approximate surface area is 118 Å². The standard InChI is InChI=1S/C13H11ClN2O2S/c14-11-8(9-6-15-16-13(18)12(9)17)2-1-3-10(11)19-7-4-5-7/h1-3,6-7H,4-5H2,(H,15,17)(H,16,18). The van der Waals surface area contributed by atoms with E-state index in [4.69, 9.17) is 11.6 Å². The maximum atomic E-state index is 11.8. The molecular weight excluding hydrogens is 284 g/mol. The lowest BCUT2D eigenvalue weighted by Crippen LogP contribution is -2.28. The average molecular weight is 295 g/mol. The van der Waals surface area contributed by atoms with Crippen molar-refractivity contribution in [3.05, 3.63) is 50.0 Å². The van der Waals surface area contributed by atoms with Crippen LogP contribution in [-0.2, 0) is 0 Å².